The summed E-state index contributed by atoms with van der Waals surface area (Å²) in [6, 6.07) is 10.8. The summed E-state index contributed by atoms with van der Waals surface area (Å²) < 4.78 is 5.46. The number of methoxy groups -OCH3 is 1. The van der Waals surface area contributed by atoms with Gasteiger partial charge in [0, 0.05) is 25.7 Å². The van der Waals surface area contributed by atoms with Crippen LogP contribution in [0.15, 0.2) is 30.3 Å². The molecule has 1 saturated carbocycles. The molecule has 3 heteroatoms. The van der Waals surface area contributed by atoms with E-state index in [1.807, 2.05) is 18.2 Å². The predicted octanol–water partition coefficient (Wildman–Crippen LogP) is 1.84. The molecule has 0 radical (unpaired) electrons. The Labute approximate surface area is 103 Å². The van der Waals surface area contributed by atoms with Gasteiger partial charge in [-0.3, -0.25) is 0 Å². The lowest BCUT2D eigenvalue weighted by Gasteiger charge is -2.22. The Morgan fingerprint density at radius 3 is 2.82 bits per heavy atom. The van der Waals surface area contributed by atoms with Crippen LogP contribution in [0.25, 0.3) is 0 Å². The summed E-state index contributed by atoms with van der Waals surface area (Å²) in [6.45, 7) is 0.814. The number of nitrogens with one attached hydrogen (secondary N) is 1. The van der Waals surface area contributed by atoms with Crippen LogP contribution in [0.3, 0.4) is 0 Å². The minimum absolute atomic E-state index is 0.0642. The normalized spacial score (nSPS) is 26.0. The minimum atomic E-state index is 0.0642. The number of hydrogen-bond acceptors (Lipinski definition) is 3. The Balaban J connectivity index is 1.82. The first kappa shape index (κ1) is 12.6. The first-order chi connectivity index (χ1) is 8.31. The monoisotopic (exact) mass is 234 g/mol. The van der Waals surface area contributed by atoms with Gasteiger partial charge in [-0.25, -0.2) is 0 Å². The summed E-state index contributed by atoms with van der Waals surface area (Å²) in [6.07, 6.45) is 3.96. The third kappa shape index (κ3) is 3.28. The molecule has 3 nitrogen and oxygen atoms in total. The van der Waals surface area contributed by atoms with E-state index in [9.17, 15) is 0 Å². The van der Waals surface area contributed by atoms with E-state index in [4.69, 9.17) is 10.5 Å². The van der Waals surface area contributed by atoms with Crippen molar-refractivity contribution >= 4 is 0 Å². The van der Waals surface area contributed by atoms with Crippen molar-refractivity contribution in [3.8, 4) is 0 Å². The van der Waals surface area contributed by atoms with E-state index in [0.717, 1.165) is 13.0 Å². The highest BCUT2D eigenvalue weighted by Crippen LogP contribution is 2.21. The van der Waals surface area contributed by atoms with E-state index < -0.39 is 0 Å². The van der Waals surface area contributed by atoms with Crippen LogP contribution in [0.4, 0.5) is 0 Å². The van der Waals surface area contributed by atoms with Gasteiger partial charge in [-0.1, -0.05) is 30.3 Å². The van der Waals surface area contributed by atoms with Gasteiger partial charge in [0.2, 0.25) is 0 Å². The molecule has 0 spiro atoms. The standard InChI is InChI=1S/C14H22N2O/c1-17-14-9-5-8-13(14)16-10-12(15)11-6-3-2-4-7-11/h2-4,6-7,12-14,16H,5,8-10,15H2,1H3/t12-,13?,14?/m0/s1. The second-order valence-electron chi connectivity index (χ2n) is 4.74. The summed E-state index contributed by atoms with van der Waals surface area (Å²) in [7, 11) is 1.79. The fourth-order valence-corrected chi connectivity index (χ4v) is 2.54. The highest BCUT2D eigenvalue weighted by atomic mass is 16.5. The van der Waals surface area contributed by atoms with Gasteiger partial charge >= 0.3 is 0 Å². The van der Waals surface area contributed by atoms with Crippen LogP contribution in [-0.4, -0.2) is 25.8 Å². The topological polar surface area (TPSA) is 47.3 Å². The molecule has 1 fully saturated rings. The number of hydrogen-bond donors (Lipinski definition) is 2. The molecule has 0 aromatic heterocycles. The van der Waals surface area contributed by atoms with Crippen molar-refractivity contribution < 1.29 is 4.74 Å². The smallest absolute Gasteiger partial charge is 0.0724 e. The lowest BCUT2D eigenvalue weighted by Crippen LogP contribution is -2.40. The molecule has 0 amide bonds. The minimum Gasteiger partial charge on any atom is -0.380 e. The van der Waals surface area contributed by atoms with E-state index in [-0.39, 0.29) is 6.04 Å². The first-order valence-electron chi connectivity index (χ1n) is 6.38. The zero-order chi connectivity index (χ0) is 12.1. The van der Waals surface area contributed by atoms with Crippen molar-refractivity contribution in [3.63, 3.8) is 0 Å². The van der Waals surface area contributed by atoms with Crippen molar-refractivity contribution in [2.75, 3.05) is 13.7 Å². The summed E-state index contributed by atoms with van der Waals surface area (Å²) in [4.78, 5) is 0. The molecule has 2 rings (SSSR count). The molecule has 3 N–H and O–H groups in total. The quantitative estimate of drug-likeness (QED) is 0.817. The van der Waals surface area contributed by atoms with Crippen molar-refractivity contribution in [2.45, 2.75) is 37.5 Å². The number of rotatable bonds is 5. The largest absolute Gasteiger partial charge is 0.380 e. The van der Waals surface area contributed by atoms with Crippen LogP contribution < -0.4 is 11.1 Å². The number of benzene rings is 1. The maximum Gasteiger partial charge on any atom is 0.0724 e. The van der Waals surface area contributed by atoms with E-state index in [1.54, 1.807) is 7.11 Å². The maximum atomic E-state index is 6.16. The van der Waals surface area contributed by atoms with Gasteiger partial charge in [-0.05, 0) is 24.8 Å². The van der Waals surface area contributed by atoms with Gasteiger partial charge < -0.3 is 15.8 Å². The number of nitrogens with two attached hydrogens (primary N) is 1. The predicted molar refractivity (Wildman–Crippen MR) is 69.8 cm³/mol. The van der Waals surface area contributed by atoms with Gasteiger partial charge in [0.15, 0.2) is 0 Å². The van der Waals surface area contributed by atoms with E-state index in [2.05, 4.69) is 17.4 Å². The molecular weight excluding hydrogens is 212 g/mol. The second kappa shape index (κ2) is 6.15. The lowest BCUT2D eigenvalue weighted by molar-refractivity contribution is 0.0848. The van der Waals surface area contributed by atoms with Gasteiger partial charge in [-0.15, -0.1) is 0 Å². The molecule has 3 atom stereocenters. The van der Waals surface area contributed by atoms with Crippen molar-refractivity contribution in [1.82, 2.24) is 5.32 Å². The Hall–Kier alpha value is -0.900. The molecule has 0 aliphatic heterocycles. The molecule has 1 aromatic carbocycles. The van der Waals surface area contributed by atoms with Crippen LogP contribution in [0, 0.1) is 0 Å². The number of ether oxygens (including phenoxy) is 1. The second-order valence-corrected chi connectivity index (χ2v) is 4.74. The van der Waals surface area contributed by atoms with Crippen LogP contribution in [0.5, 0.6) is 0 Å². The molecule has 2 unspecified atom stereocenters. The molecule has 1 aliphatic carbocycles. The average molecular weight is 234 g/mol. The third-order valence-corrected chi connectivity index (χ3v) is 3.58. The zero-order valence-electron chi connectivity index (χ0n) is 10.4. The maximum absolute atomic E-state index is 6.16. The lowest BCUT2D eigenvalue weighted by atomic mass is 10.1. The van der Waals surface area contributed by atoms with Crippen molar-refractivity contribution in [3.05, 3.63) is 35.9 Å². The van der Waals surface area contributed by atoms with Gasteiger partial charge in [-0.2, -0.15) is 0 Å². The van der Waals surface area contributed by atoms with E-state index >= 15 is 0 Å². The SMILES string of the molecule is COC1CCCC1NC[C@H](N)c1ccccc1. The van der Waals surface area contributed by atoms with Crippen LogP contribution in [0.2, 0.25) is 0 Å². The Kier molecular flexibility index (Phi) is 4.54. The van der Waals surface area contributed by atoms with E-state index in [1.165, 1.54) is 18.4 Å². The van der Waals surface area contributed by atoms with Gasteiger partial charge in [0.25, 0.3) is 0 Å². The highest BCUT2D eigenvalue weighted by molar-refractivity contribution is 5.18. The molecule has 0 heterocycles. The van der Waals surface area contributed by atoms with Crippen LogP contribution >= 0.6 is 0 Å². The molecular formula is C14H22N2O. The van der Waals surface area contributed by atoms with Crippen molar-refractivity contribution in [1.29, 1.82) is 0 Å². The Morgan fingerprint density at radius 2 is 2.12 bits per heavy atom. The van der Waals surface area contributed by atoms with Gasteiger partial charge in [0.1, 0.15) is 0 Å². The van der Waals surface area contributed by atoms with Crippen molar-refractivity contribution in [2.24, 2.45) is 5.73 Å². The molecule has 1 aromatic rings. The summed E-state index contributed by atoms with van der Waals surface area (Å²) in [5, 5.41) is 3.53. The molecule has 17 heavy (non-hydrogen) atoms. The molecule has 1 aliphatic rings. The highest BCUT2D eigenvalue weighted by Gasteiger charge is 2.26. The molecule has 0 saturated heterocycles. The van der Waals surface area contributed by atoms with Crippen LogP contribution in [0.1, 0.15) is 30.9 Å². The average Bonchev–Trinajstić information content (AvgIpc) is 2.84. The van der Waals surface area contributed by atoms with E-state index in [0.29, 0.717) is 12.1 Å². The third-order valence-electron chi connectivity index (χ3n) is 3.58. The Bertz CT molecular complexity index is 328. The summed E-state index contributed by atoms with van der Waals surface area (Å²) in [5.74, 6) is 0. The first-order valence-corrected chi connectivity index (χ1v) is 6.38. The zero-order valence-corrected chi connectivity index (χ0v) is 10.4. The fourth-order valence-electron chi connectivity index (χ4n) is 2.54. The summed E-state index contributed by atoms with van der Waals surface area (Å²) in [5.41, 5.74) is 7.34. The summed E-state index contributed by atoms with van der Waals surface area (Å²) >= 11 is 0. The molecule has 94 valence electrons. The van der Waals surface area contributed by atoms with Gasteiger partial charge in [0.05, 0.1) is 6.10 Å². The fraction of sp³-hybridized carbons (Fsp3) is 0.571. The Morgan fingerprint density at radius 1 is 1.35 bits per heavy atom. The molecule has 0 bridgehead atoms. The van der Waals surface area contributed by atoms with Crippen LogP contribution in [-0.2, 0) is 4.74 Å².